The van der Waals surface area contributed by atoms with Gasteiger partial charge in [-0.25, -0.2) is 10.2 Å². The number of aromatic amines is 1. The van der Waals surface area contributed by atoms with Crippen molar-refractivity contribution >= 4 is 40.7 Å². The molecule has 0 saturated carbocycles. The molecule has 9 nitrogen and oxygen atoms in total. The number of amides is 3. The molecular formula is C25H25N5O4. The van der Waals surface area contributed by atoms with Gasteiger partial charge in [0.05, 0.1) is 18.3 Å². The number of H-pyrrole nitrogens is 1. The number of rotatable bonds is 2. The maximum Gasteiger partial charge on any atom is 0.411 e. The highest BCUT2D eigenvalue weighted by molar-refractivity contribution is 6.15. The van der Waals surface area contributed by atoms with Crippen molar-refractivity contribution in [3.8, 4) is 0 Å². The molecule has 0 aliphatic carbocycles. The fourth-order valence-corrected chi connectivity index (χ4v) is 4.36. The first-order valence-corrected chi connectivity index (χ1v) is 11.1. The monoisotopic (exact) mass is 459 g/mol. The van der Waals surface area contributed by atoms with Crippen LogP contribution in [0.5, 0.6) is 0 Å². The molecule has 2 aliphatic heterocycles. The Morgan fingerprint density at radius 2 is 1.94 bits per heavy atom. The van der Waals surface area contributed by atoms with Crippen molar-refractivity contribution in [2.24, 2.45) is 5.10 Å². The molecule has 3 amide bonds. The van der Waals surface area contributed by atoms with Gasteiger partial charge in [-0.05, 0) is 44.0 Å². The van der Waals surface area contributed by atoms with Crippen molar-refractivity contribution in [1.82, 2.24) is 15.3 Å². The van der Waals surface area contributed by atoms with Crippen LogP contribution in [0.2, 0.25) is 0 Å². The molecule has 5 rings (SSSR count). The van der Waals surface area contributed by atoms with E-state index in [-0.39, 0.29) is 18.4 Å². The zero-order valence-corrected chi connectivity index (χ0v) is 19.1. The van der Waals surface area contributed by atoms with Gasteiger partial charge in [-0.3, -0.25) is 14.5 Å². The van der Waals surface area contributed by atoms with Gasteiger partial charge in [0.2, 0.25) is 5.91 Å². The molecule has 3 aromatic rings. The third-order valence-corrected chi connectivity index (χ3v) is 5.87. The van der Waals surface area contributed by atoms with E-state index >= 15 is 0 Å². The lowest BCUT2D eigenvalue weighted by Crippen LogP contribution is -2.52. The highest BCUT2D eigenvalue weighted by Gasteiger charge is 2.37. The molecule has 34 heavy (non-hydrogen) atoms. The van der Waals surface area contributed by atoms with E-state index in [1.54, 1.807) is 45.3 Å². The van der Waals surface area contributed by atoms with Crippen molar-refractivity contribution in [3.63, 3.8) is 0 Å². The number of fused-ring (bicyclic) bond motifs is 1. The van der Waals surface area contributed by atoms with E-state index in [9.17, 15) is 14.4 Å². The molecule has 3 heterocycles. The summed E-state index contributed by atoms with van der Waals surface area (Å²) < 4.78 is 5.59. The molecule has 9 heteroatoms. The lowest BCUT2D eigenvalue weighted by Gasteiger charge is -2.36. The minimum atomic E-state index is -0.768. The Hall–Kier alpha value is -4.14. The second-order valence-electron chi connectivity index (χ2n) is 9.48. The van der Waals surface area contributed by atoms with Crippen LogP contribution >= 0.6 is 0 Å². The van der Waals surface area contributed by atoms with Gasteiger partial charge >= 0.3 is 6.09 Å². The molecule has 0 fully saturated rings. The number of carbonyl (C=O) groups is 3. The van der Waals surface area contributed by atoms with Crippen LogP contribution in [0, 0.1) is 0 Å². The van der Waals surface area contributed by atoms with Crippen LogP contribution in [0.25, 0.3) is 10.9 Å². The average molecular weight is 460 g/mol. The molecule has 1 aromatic heterocycles. The van der Waals surface area contributed by atoms with Gasteiger partial charge < -0.3 is 15.0 Å². The summed E-state index contributed by atoms with van der Waals surface area (Å²) in [6.45, 7) is 5.65. The molecule has 174 valence electrons. The molecule has 1 atom stereocenters. The molecular weight excluding hydrogens is 434 g/mol. The van der Waals surface area contributed by atoms with Crippen molar-refractivity contribution < 1.29 is 19.1 Å². The average Bonchev–Trinajstić information content (AvgIpc) is 3.11. The normalized spacial score (nSPS) is 17.1. The third kappa shape index (κ3) is 4.00. The van der Waals surface area contributed by atoms with Gasteiger partial charge in [0.25, 0.3) is 5.91 Å². The van der Waals surface area contributed by atoms with E-state index in [4.69, 9.17) is 4.74 Å². The van der Waals surface area contributed by atoms with Gasteiger partial charge in [0.1, 0.15) is 11.6 Å². The molecule has 0 radical (unpaired) electrons. The fourth-order valence-electron chi connectivity index (χ4n) is 4.36. The number of anilines is 1. The van der Waals surface area contributed by atoms with Crippen molar-refractivity contribution in [2.45, 2.75) is 45.4 Å². The Bertz CT molecular complexity index is 1350. The summed E-state index contributed by atoms with van der Waals surface area (Å²) in [6, 6.07) is 10.4. The highest BCUT2D eigenvalue weighted by atomic mass is 16.6. The number of benzene rings is 2. The summed E-state index contributed by atoms with van der Waals surface area (Å²) in [5.41, 5.74) is 6.09. The minimum Gasteiger partial charge on any atom is -0.444 e. The molecule has 2 aromatic carbocycles. The zero-order chi connectivity index (χ0) is 24.0. The Labute approximate surface area is 196 Å². The molecule has 0 unspecified atom stereocenters. The van der Waals surface area contributed by atoms with Crippen molar-refractivity contribution in [1.29, 1.82) is 0 Å². The predicted octanol–water partition coefficient (Wildman–Crippen LogP) is 3.55. The Morgan fingerprint density at radius 1 is 1.18 bits per heavy atom. The molecule has 0 saturated heterocycles. The van der Waals surface area contributed by atoms with Crippen LogP contribution in [-0.4, -0.2) is 45.6 Å². The largest absolute Gasteiger partial charge is 0.444 e. The first-order valence-electron chi connectivity index (χ1n) is 11.1. The summed E-state index contributed by atoms with van der Waals surface area (Å²) >= 11 is 0. The number of hydrogen-bond donors (Lipinski definition) is 3. The summed E-state index contributed by atoms with van der Waals surface area (Å²) in [5.74, 6) is -0.721. The number of hydrogen-bond acceptors (Lipinski definition) is 5. The molecule has 0 spiro atoms. The smallest absolute Gasteiger partial charge is 0.411 e. The second-order valence-corrected chi connectivity index (χ2v) is 9.48. The van der Waals surface area contributed by atoms with E-state index in [0.29, 0.717) is 23.2 Å². The Morgan fingerprint density at radius 3 is 2.71 bits per heavy atom. The number of ether oxygens (including phenoxy) is 1. The van der Waals surface area contributed by atoms with Gasteiger partial charge in [-0.15, -0.1) is 0 Å². The second kappa shape index (κ2) is 8.02. The first kappa shape index (κ1) is 21.7. The maximum absolute atomic E-state index is 13.5. The van der Waals surface area contributed by atoms with Crippen LogP contribution < -0.4 is 10.7 Å². The lowest BCUT2D eigenvalue weighted by molar-refractivity contribution is -0.121. The van der Waals surface area contributed by atoms with Crippen molar-refractivity contribution in [2.75, 3.05) is 5.32 Å². The molecule has 2 aliphatic rings. The van der Waals surface area contributed by atoms with E-state index in [2.05, 4.69) is 20.8 Å². The Balaban J connectivity index is 1.46. The topological polar surface area (TPSA) is 116 Å². The number of hydrazone groups is 1. The summed E-state index contributed by atoms with van der Waals surface area (Å²) in [5, 5.41) is 7.55. The molecule has 0 bridgehead atoms. The zero-order valence-electron chi connectivity index (χ0n) is 19.1. The SMILES string of the molecule is CC(C)(C)OC(=O)N1Cc2ccccc2C[C@@H]1C(=O)Nc1cc2c3c(c[nH]c3c1)C=NNC2=O. The standard InChI is InChI=1S/C25H25N5O4/c1-25(2,3)34-24(33)30-13-15-7-5-4-6-14(15)8-20(30)23(32)28-17-9-18-21-16(11-26-19(21)10-17)12-27-29-22(18)31/h4-7,9-12,20,26H,8,13H2,1-3H3,(H,28,32)(H,29,31)/t20-/m1/s1. The van der Waals surface area contributed by atoms with Crippen LogP contribution in [0.4, 0.5) is 10.5 Å². The van der Waals surface area contributed by atoms with Crippen molar-refractivity contribution in [3.05, 3.63) is 64.8 Å². The quantitative estimate of drug-likeness (QED) is 0.543. The van der Waals surface area contributed by atoms with Crippen LogP contribution in [0.1, 0.15) is 47.8 Å². The van der Waals surface area contributed by atoms with Crippen LogP contribution in [0.3, 0.4) is 0 Å². The summed E-state index contributed by atoms with van der Waals surface area (Å²) in [6.07, 6.45) is 3.14. The van der Waals surface area contributed by atoms with E-state index in [1.807, 2.05) is 24.3 Å². The van der Waals surface area contributed by atoms with Gasteiger partial charge in [0, 0.05) is 34.8 Å². The minimum absolute atomic E-state index is 0.271. The van der Waals surface area contributed by atoms with Gasteiger partial charge in [-0.1, -0.05) is 24.3 Å². The Kier molecular flexibility index (Phi) is 5.11. The van der Waals surface area contributed by atoms with E-state index < -0.39 is 17.7 Å². The van der Waals surface area contributed by atoms with Crippen LogP contribution in [0.15, 0.2) is 47.7 Å². The predicted molar refractivity (Wildman–Crippen MR) is 128 cm³/mol. The maximum atomic E-state index is 13.5. The van der Waals surface area contributed by atoms with Gasteiger partial charge in [0.15, 0.2) is 0 Å². The first-order chi connectivity index (χ1) is 16.2. The molecule has 3 N–H and O–H groups in total. The highest BCUT2D eigenvalue weighted by Crippen LogP contribution is 2.29. The van der Waals surface area contributed by atoms with Gasteiger partial charge in [-0.2, -0.15) is 5.10 Å². The van der Waals surface area contributed by atoms with E-state index in [1.165, 1.54) is 4.90 Å². The van der Waals surface area contributed by atoms with E-state index in [0.717, 1.165) is 22.1 Å². The lowest BCUT2D eigenvalue weighted by atomic mass is 9.93. The number of aromatic nitrogens is 1. The fraction of sp³-hybridized carbons (Fsp3) is 0.280. The number of nitrogens with one attached hydrogen (secondary N) is 3. The van der Waals surface area contributed by atoms with Crippen LogP contribution in [-0.2, 0) is 22.5 Å². The third-order valence-electron chi connectivity index (χ3n) is 5.87. The number of nitrogens with zero attached hydrogens (tertiary/aromatic N) is 2. The summed E-state index contributed by atoms with van der Waals surface area (Å²) in [7, 11) is 0. The summed E-state index contributed by atoms with van der Waals surface area (Å²) in [4.78, 5) is 43.6. The number of carbonyl (C=O) groups excluding carboxylic acids is 3.